The Balaban J connectivity index is 2.48. The first-order valence-corrected chi connectivity index (χ1v) is 5.99. The zero-order chi connectivity index (χ0) is 11.0. The van der Waals surface area contributed by atoms with Gasteiger partial charge in [-0.2, -0.15) is 0 Å². The fraction of sp³-hybridized carbons (Fsp3) is 0.462. The molecule has 1 aromatic carbocycles. The van der Waals surface area contributed by atoms with Crippen LogP contribution in [0.4, 0.5) is 0 Å². The van der Waals surface area contributed by atoms with Crippen LogP contribution < -0.4 is 0 Å². The van der Waals surface area contributed by atoms with Gasteiger partial charge in [-0.15, -0.1) is 0 Å². The molecular formula is C13H17NS. The molecule has 0 N–H and O–H groups in total. The molecule has 1 nitrogen and oxygen atoms in total. The van der Waals surface area contributed by atoms with E-state index in [9.17, 15) is 0 Å². The molecule has 2 heteroatoms. The Kier molecular flexibility index (Phi) is 2.79. The molecule has 0 amide bonds. The first kappa shape index (κ1) is 10.6. The molecule has 0 saturated carbocycles. The molecule has 1 unspecified atom stereocenters. The van der Waals surface area contributed by atoms with Crippen LogP contribution in [0.3, 0.4) is 0 Å². The maximum Gasteiger partial charge on any atom is 0.110 e. The Morgan fingerprint density at radius 2 is 2.00 bits per heavy atom. The van der Waals surface area contributed by atoms with Crippen molar-refractivity contribution in [3.05, 3.63) is 35.4 Å². The van der Waals surface area contributed by atoms with Gasteiger partial charge in [0.25, 0.3) is 0 Å². The maximum atomic E-state index is 5.54. The van der Waals surface area contributed by atoms with Crippen LogP contribution in [0.2, 0.25) is 0 Å². The van der Waals surface area contributed by atoms with Gasteiger partial charge in [-0.05, 0) is 25.8 Å². The van der Waals surface area contributed by atoms with E-state index in [0.717, 1.165) is 11.4 Å². The summed E-state index contributed by atoms with van der Waals surface area (Å²) in [5, 5.41) is 0. The second-order valence-corrected chi connectivity index (χ2v) is 4.70. The van der Waals surface area contributed by atoms with Crippen molar-refractivity contribution in [1.29, 1.82) is 0 Å². The highest BCUT2D eigenvalue weighted by molar-refractivity contribution is 7.80. The van der Waals surface area contributed by atoms with E-state index < -0.39 is 0 Å². The van der Waals surface area contributed by atoms with Crippen LogP contribution in [-0.4, -0.2) is 15.9 Å². The van der Waals surface area contributed by atoms with Gasteiger partial charge in [0.15, 0.2) is 0 Å². The first-order valence-electron chi connectivity index (χ1n) is 5.58. The van der Waals surface area contributed by atoms with Crippen LogP contribution in [0.1, 0.15) is 44.4 Å². The monoisotopic (exact) mass is 219 g/mol. The van der Waals surface area contributed by atoms with E-state index in [1.165, 1.54) is 11.1 Å². The number of fused-ring (bicyclic) bond motifs is 1. The van der Waals surface area contributed by atoms with Gasteiger partial charge in [-0.25, -0.2) is 0 Å². The van der Waals surface area contributed by atoms with Gasteiger partial charge in [-0.1, -0.05) is 43.4 Å². The standard InChI is InChI=1S/C13H17NS/c1-4-12-10-7-5-6-8-11(10)13(15)14(12)9(2)3/h5-9,12H,4H2,1-3H3. The Morgan fingerprint density at radius 1 is 1.33 bits per heavy atom. The molecule has 0 aliphatic carbocycles. The maximum absolute atomic E-state index is 5.54. The zero-order valence-corrected chi connectivity index (χ0v) is 10.3. The second-order valence-electron chi connectivity index (χ2n) is 4.32. The summed E-state index contributed by atoms with van der Waals surface area (Å²) in [5.74, 6) is 0. The molecule has 15 heavy (non-hydrogen) atoms. The van der Waals surface area contributed by atoms with E-state index in [2.05, 4.69) is 49.9 Å². The quantitative estimate of drug-likeness (QED) is 0.700. The average Bonchev–Trinajstić information content (AvgIpc) is 2.52. The van der Waals surface area contributed by atoms with E-state index in [1.807, 2.05) is 0 Å². The number of thiocarbonyl (C=S) groups is 1. The van der Waals surface area contributed by atoms with Crippen LogP contribution in [0, 0.1) is 0 Å². The molecule has 80 valence electrons. The SMILES string of the molecule is CCC1c2ccccc2C(=S)N1C(C)C. The number of benzene rings is 1. The fourth-order valence-electron chi connectivity index (χ4n) is 2.42. The summed E-state index contributed by atoms with van der Waals surface area (Å²) in [6.45, 7) is 6.65. The van der Waals surface area contributed by atoms with Crippen LogP contribution in [-0.2, 0) is 0 Å². The molecule has 0 spiro atoms. The molecule has 0 saturated heterocycles. The zero-order valence-electron chi connectivity index (χ0n) is 9.53. The van der Waals surface area contributed by atoms with Crippen molar-refractivity contribution in [2.24, 2.45) is 0 Å². The minimum atomic E-state index is 0.480. The predicted octanol–water partition coefficient (Wildman–Crippen LogP) is 3.54. The second kappa shape index (κ2) is 3.93. The summed E-state index contributed by atoms with van der Waals surface area (Å²) in [6, 6.07) is 9.49. The van der Waals surface area contributed by atoms with Gasteiger partial charge in [0.1, 0.15) is 4.99 Å². The van der Waals surface area contributed by atoms with Crippen LogP contribution in [0.15, 0.2) is 24.3 Å². The van der Waals surface area contributed by atoms with Crippen molar-refractivity contribution < 1.29 is 0 Å². The Morgan fingerprint density at radius 3 is 2.60 bits per heavy atom. The molecule has 0 aromatic heterocycles. The van der Waals surface area contributed by atoms with Crippen molar-refractivity contribution in [2.45, 2.75) is 39.3 Å². The third kappa shape index (κ3) is 1.57. The van der Waals surface area contributed by atoms with Gasteiger partial charge in [-0.3, -0.25) is 0 Å². The third-order valence-corrected chi connectivity index (χ3v) is 3.49. The average molecular weight is 219 g/mol. The number of hydrogen-bond donors (Lipinski definition) is 0. The van der Waals surface area contributed by atoms with E-state index in [0.29, 0.717) is 12.1 Å². The highest BCUT2D eigenvalue weighted by atomic mass is 32.1. The smallest absolute Gasteiger partial charge is 0.110 e. The fourth-order valence-corrected chi connectivity index (χ4v) is 2.95. The molecule has 0 bridgehead atoms. The normalized spacial score (nSPS) is 19.9. The van der Waals surface area contributed by atoms with Crippen LogP contribution in [0.25, 0.3) is 0 Å². The van der Waals surface area contributed by atoms with Crippen LogP contribution in [0.5, 0.6) is 0 Å². The van der Waals surface area contributed by atoms with E-state index in [4.69, 9.17) is 12.2 Å². The van der Waals surface area contributed by atoms with Crippen molar-refractivity contribution >= 4 is 17.2 Å². The van der Waals surface area contributed by atoms with Gasteiger partial charge < -0.3 is 4.90 Å². The van der Waals surface area contributed by atoms with Gasteiger partial charge in [0, 0.05) is 11.6 Å². The third-order valence-electron chi connectivity index (χ3n) is 3.06. The number of hydrogen-bond acceptors (Lipinski definition) is 1. The Bertz CT molecular complexity index is 384. The van der Waals surface area contributed by atoms with E-state index in [1.54, 1.807) is 0 Å². The molecule has 0 fully saturated rings. The number of nitrogens with zero attached hydrogens (tertiary/aromatic N) is 1. The molecule has 1 aromatic rings. The van der Waals surface area contributed by atoms with Crippen molar-refractivity contribution in [3.63, 3.8) is 0 Å². The minimum absolute atomic E-state index is 0.480. The molecule has 1 aliphatic rings. The summed E-state index contributed by atoms with van der Waals surface area (Å²) in [7, 11) is 0. The summed E-state index contributed by atoms with van der Waals surface area (Å²) in [6.07, 6.45) is 1.12. The van der Waals surface area contributed by atoms with Gasteiger partial charge in [0.2, 0.25) is 0 Å². The molecule has 1 heterocycles. The summed E-state index contributed by atoms with van der Waals surface area (Å²) < 4.78 is 0. The van der Waals surface area contributed by atoms with Crippen LogP contribution >= 0.6 is 12.2 Å². The molecule has 2 rings (SSSR count). The van der Waals surface area contributed by atoms with Crippen molar-refractivity contribution in [1.82, 2.24) is 4.90 Å². The topological polar surface area (TPSA) is 3.24 Å². The molecular weight excluding hydrogens is 202 g/mol. The van der Waals surface area contributed by atoms with E-state index in [-0.39, 0.29) is 0 Å². The highest BCUT2D eigenvalue weighted by Gasteiger charge is 2.33. The largest absolute Gasteiger partial charge is 0.353 e. The molecule has 0 radical (unpaired) electrons. The summed E-state index contributed by atoms with van der Waals surface area (Å²) in [5.41, 5.74) is 2.66. The van der Waals surface area contributed by atoms with Crippen molar-refractivity contribution in [3.8, 4) is 0 Å². The minimum Gasteiger partial charge on any atom is -0.353 e. The number of rotatable bonds is 2. The highest BCUT2D eigenvalue weighted by Crippen LogP contribution is 2.37. The van der Waals surface area contributed by atoms with E-state index >= 15 is 0 Å². The van der Waals surface area contributed by atoms with Gasteiger partial charge >= 0.3 is 0 Å². The lowest BCUT2D eigenvalue weighted by Crippen LogP contribution is -2.33. The lowest BCUT2D eigenvalue weighted by molar-refractivity contribution is 0.276. The summed E-state index contributed by atoms with van der Waals surface area (Å²) >= 11 is 5.54. The lowest BCUT2D eigenvalue weighted by Gasteiger charge is -2.30. The Labute approximate surface area is 97.1 Å². The summed E-state index contributed by atoms with van der Waals surface area (Å²) in [4.78, 5) is 3.38. The Hall–Kier alpha value is -0.890. The predicted molar refractivity (Wildman–Crippen MR) is 68.1 cm³/mol. The molecule has 1 atom stereocenters. The lowest BCUT2D eigenvalue weighted by atomic mass is 10.0. The van der Waals surface area contributed by atoms with Crippen molar-refractivity contribution in [2.75, 3.05) is 0 Å². The first-order chi connectivity index (χ1) is 7.16. The molecule has 1 aliphatic heterocycles. The van der Waals surface area contributed by atoms with Gasteiger partial charge in [0.05, 0.1) is 6.04 Å².